The van der Waals surface area contributed by atoms with E-state index in [1.165, 1.54) is 23.1 Å². The van der Waals surface area contributed by atoms with Crippen LogP contribution in [0.5, 0.6) is 0 Å². The second-order valence-corrected chi connectivity index (χ2v) is 12.9. The number of carbonyl (C=O) groups is 2. The Kier molecular flexibility index (Phi) is 10.3. The van der Waals surface area contributed by atoms with E-state index in [0.717, 1.165) is 47.9 Å². The van der Waals surface area contributed by atoms with Crippen LogP contribution in [-0.4, -0.2) is 50.0 Å². The van der Waals surface area contributed by atoms with Crippen molar-refractivity contribution in [3.05, 3.63) is 99.8 Å². The maximum atomic E-state index is 14.1. The SMILES string of the molecule is CS(=O)(=O)N(CC(=O)N(Cc1c(Cl)cccc1Cl)[C@@H](Cc1ccccc1)C(=O)NC1CCCC1)c1cccc(F)c1. The normalized spacial score (nSPS) is 14.4. The highest BCUT2D eigenvalue weighted by molar-refractivity contribution is 7.92. The van der Waals surface area contributed by atoms with E-state index in [2.05, 4.69) is 5.32 Å². The quantitative estimate of drug-likeness (QED) is 0.303. The van der Waals surface area contributed by atoms with Gasteiger partial charge in [0.05, 0.1) is 11.9 Å². The molecule has 0 heterocycles. The monoisotopic (exact) mass is 619 g/mol. The summed E-state index contributed by atoms with van der Waals surface area (Å²) in [5.41, 5.74) is 1.23. The van der Waals surface area contributed by atoms with Gasteiger partial charge in [-0.05, 0) is 48.7 Å². The van der Waals surface area contributed by atoms with E-state index in [-0.39, 0.29) is 30.6 Å². The highest BCUT2D eigenvalue weighted by atomic mass is 35.5. The molecule has 41 heavy (non-hydrogen) atoms. The lowest BCUT2D eigenvalue weighted by molar-refractivity contribution is -0.140. The lowest BCUT2D eigenvalue weighted by Crippen LogP contribution is -2.54. The number of hydrogen-bond donors (Lipinski definition) is 1. The molecule has 1 atom stereocenters. The molecule has 1 saturated carbocycles. The summed E-state index contributed by atoms with van der Waals surface area (Å²) in [5, 5.41) is 3.69. The molecule has 1 aliphatic carbocycles. The van der Waals surface area contributed by atoms with Crippen molar-refractivity contribution in [2.75, 3.05) is 17.1 Å². The van der Waals surface area contributed by atoms with Gasteiger partial charge in [-0.1, -0.05) is 78.5 Å². The highest BCUT2D eigenvalue weighted by Gasteiger charge is 2.35. The van der Waals surface area contributed by atoms with E-state index in [1.54, 1.807) is 18.2 Å². The van der Waals surface area contributed by atoms with Crippen LogP contribution in [0.2, 0.25) is 10.0 Å². The van der Waals surface area contributed by atoms with E-state index < -0.39 is 34.3 Å². The van der Waals surface area contributed by atoms with Crippen LogP contribution < -0.4 is 9.62 Å². The Labute approximate surface area is 250 Å². The number of nitrogens with zero attached hydrogens (tertiary/aromatic N) is 2. The van der Waals surface area contributed by atoms with Crippen molar-refractivity contribution in [1.29, 1.82) is 0 Å². The second kappa shape index (κ2) is 13.7. The van der Waals surface area contributed by atoms with Crippen LogP contribution >= 0.6 is 23.2 Å². The Morgan fingerprint density at radius 3 is 2.22 bits per heavy atom. The van der Waals surface area contributed by atoms with Gasteiger partial charge in [0.25, 0.3) is 0 Å². The van der Waals surface area contributed by atoms with Crippen LogP contribution in [0.3, 0.4) is 0 Å². The molecular weight excluding hydrogens is 588 g/mol. The Hall–Kier alpha value is -3.14. The standard InChI is InChI=1S/C30H32Cl2FN3O4S/c1-41(39,40)36(24-14-7-11-22(33)18-24)20-29(37)35(19-25-26(31)15-8-16-27(25)32)28(17-21-9-3-2-4-10-21)30(38)34-23-12-5-6-13-23/h2-4,7-11,14-16,18,23,28H,5-6,12-13,17,19-20H2,1H3,(H,34,38)/t28-/m0/s1. The van der Waals surface area contributed by atoms with E-state index in [0.29, 0.717) is 15.6 Å². The number of benzene rings is 3. The van der Waals surface area contributed by atoms with Crippen LogP contribution in [-0.2, 0) is 32.6 Å². The molecule has 4 rings (SSSR count). The first-order valence-corrected chi connectivity index (χ1v) is 15.9. The first kappa shape index (κ1) is 30.8. The summed E-state index contributed by atoms with van der Waals surface area (Å²) in [6, 6.07) is 18.2. The van der Waals surface area contributed by atoms with Crippen LogP contribution in [0.25, 0.3) is 0 Å². The summed E-state index contributed by atoms with van der Waals surface area (Å²) in [5.74, 6) is -1.67. The number of anilines is 1. The molecule has 0 saturated heterocycles. The molecular formula is C30H32Cl2FN3O4S. The fourth-order valence-corrected chi connectivity index (χ4v) is 6.38. The van der Waals surface area contributed by atoms with Crippen LogP contribution in [0.1, 0.15) is 36.8 Å². The van der Waals surface area contributed by atoms with Crippen LogP contribution in [0.4, 0.5) is 10.1 Å². The molecule has 1 fully saturated rings. The van der Waals surface area contributed by atoms with Gasteiger partial charge in [-0.3, -0.25) is 13.9 Å². The van der Waals surface area contributed by atoms with Gasteiger partial charge in [0.15, 0.2) is 0 Å². The number of hydrogen-bond acceptors (Lipinski definition) is 4. The molecule has 1 aliphatic rings. The molecule has 3 aromatic rings. The third kappa shape index (κ3) is 8.21. The van der Waals surface area contributed by atoms with Crippen molar-refractivity contribution in [1.82, 2.24) is 10.2 Å². The molecule has 0 spiro atoms. The van der Waals surface area contributed by atoms with Gasteiger partial charge in [0, 0.05) is 34.6 Å². The van der Waals surface area contributed by atoms with Crippen LogP contribution in [0, 0.1) is 5.82 Å². The first-order chi connectivity index (χ1) is 19.5. The summed E-state index contributed by atoms with van der Waals surface area (Å²) in [6.07, 6.45) is 4.80. The molecule has 3 aromatic carbocycles. The van der Waals surface area contributed by atoms with Crippen molar-refractivity contribution >= 4 is 50.7 Å². The van der Waals surface area contributed by atoms with E-state index >= 15 is 0 Å². The maximum Gasteiger partial charge on any atom is 0.244 e. The fraction of sp³-hybridized carbons (Fsp3) is 0.333. The van der Waals surface area contributed by atoms with Crippen molar-refractivity contribution < 1.29 is 22.4 Å². The van der Waals surface area contributed by atoms with Gasteiger partial charge >= 0.3 is 0 Å². The number of nitrogens with one attached hydrogen (secondary N) is 1. The summed E-state index contributed by atoms with van der Waals surface area (Å²) in [4.78, 5) is 29.3. The van der Waals surface area contributed by atoms with Crippen molar-refractivity contribution in [2.45, 2.75) is 50.7 Å². The smallest absolute Gasteiger partial charge is 0.244 e. The molecule has 0 aliphatic heterocycles. The molecule has 0 aromatic heterocycles. The molecule has 0 unspecified atom stereocenters. The van der Waals surface area contributed by atoms with Gasteiger partial charge in [-0.25, -0.2) is 12.8 Å². The number of amides is 2. The molecule has 7 nitrogen and oxygen atoms in total. The fourth-order valence-electron chi connectivity index (χ4n) is 5.02. The summed E-state index contributed by atoms with van der Waals surface area (Å²) >= 11 is 13.0. The van der Waals surface area contributed by atoms with E-state index in [9.17, 15) is 22.4 Å². The zero-order chi connectivity index (χ0) is 29.6. The van der Waals surface area contributed by atoms with Gasteiger partial charge in [0.2, 0.25) is 21.8 Å². The zero-order valence-electron chi connectivity index (χ0n) is 22.6. The topological polar surface area (TPSA) is 86.8 Å². The third-order valence-corrected chi connectivity index (χ3v) is 8.99. The predicted octanol–water partition coefficient (Wildman–Crippen LogP) is 5.60. The average molecular weight is 621 g/mol. The summed E-state index contributed by atoms with van der Waals surface area (Å²) in [7, 11) is -4.01. The van der Waals surface area contributed by atoms with Gasteiger partial charge in [-0.2, -0.15) is 0 Å². The molecule has 0 radical (unpaired) electrons. The Bertz CT molecular complexity index is 1460. The largest absolute Gasteiger partial charge is 0.352 e. The summed E-state index contributed by atoms with van der Waals surface area (Å²) in [6.45, 7) is -0.806. The Balaban J connectivity index is 1.76. The highest BCUT2D eigenvalue weighted by Crippen LogP contribution is 2.28. The Morgan fingerprint density at radius 2 is 1.61 bits per heavy atom. The van der Waals surface area contributed by atoms with Gasteiger partial charge in [0.1, 0.15) is 18.4 Å². The number of carbonyl (C=O) groups excluding carboxylic acids is 2. The number of halogens is 3. The molecule has 11 heteroatoms. The number of rotatable bonds is 11. The van der Waals surface area contributed by atoms with Gasteiger partial charge in [-0.15, -0.1) is 0 Å². The minimum Gasteiger partial charge on any atom is -0.352 e. The zero-order valence-corrected chi connectivity index (χ0v) is 24.9. The third-order valence-electron chi connectivity index (χ3n) is 7.14. The minimum absolute atomic E-state index is 0.00778. The predicted molar refractivity (Wildman–Crippen MR) is 160 cm³/mol. The second-order valence-electron chi connectivity index (χ2n) is 10.2. The van der Waals surface area contributed by atoms with Crippen molar-refractivity contribution in [3.8, 4) is 0 Å². The molecule has 218 valence electrons. The van der Waals surface area contributed by atoms with Gasteiger partial charge < -0.3 is 10.2 Å². The molecule has 2 amide bonds. The van der Waals surface area contributed by atoms with E-state index in [1.807, 2.05) is 30.3 Å². The lowest BCUT2D eigenvalue weighted by atomic mass is 10.0. The molecule has 1 N–H and O–H groups in total. The first-order valence-electron chi connectivity index (χ1n) is 13.3. The van der Waals surface area contributed by atoms with Crippen molar-refractivity contribution in [3.63, 3.8) is 0 Å². The summed E-state index contributed by atoms with van der Waals surface area (Å²) < 4.78 is 40.5. The van der Waals surface area contributed by atoms with Crippen molar-refractivity contribution in [2.24, 2.45) is 0 Å². The maximum absolute atomic E-state index is 14.1. The van der Waals surface area contributed by atoms with E-state index in [4.69, 9.17) is 23.2 Å². The lowest BCUT2D eigenvalue weighted by Gasteiger charge is -2.34. The Morgan fingerprint density at radius 1 is 0.976 bits per heavy atom. The molecule has 0 bridgehead atoms. The van der Waals surface area contributed by atoms with Crippen LogP contribution in [0.15, 0.2) is 72.8 Å². The number of sulfonamides is 1. The minimum atomic E-state index is -4.01. The average Bonchev–Trinajstić information content (AvgIpc) is 3.43.